The Morgan fingerprint density at radius 2 is 2.00 bits per heavy atom. The first-order valence-corrected chi connectivity index (χ1v) is 15.0. The second-order valence-corrected chi connectivity index (χ2v) is 12.2. The average Bonchev–Trinajstić information content (AvgIpc) is 3.47. The predicted octanol–water partition coefficient (Wildman–Crippen LogP) is 6.43. The Morgan fingerprint density at radius 3 is 2.67 bits per heavy atom. The van der Waals surface area contributed by atoms with Gasteiger partial charge in [0.15, 0.2) is 17.1 Å². The van der Waals surface area contributed by atoms with Crippen molar-refractivity contribution < 1.29 is 19.1 Å². The fraction of sp³-hybridized carbons (Fsp3) is 0.448. The fourth-order valence-corrected chi connectivity index (χ4v) is 6.82. The lowest BCUT2D eigenvalue weighted by Gasteiger charge is -2.18. The summed E-state index contributed by atoms with van der Waals surface area (Å²) in [6.45, 7) is 12.8. The smallest absolute Gasteiger partial charge is 0.341 e. The zero-order valence-corrected chi connectivity index (χ0v) is 24.8. The van der Waals surface area contributed by atoms with E-state index >= 15 is 0 Å². The van der Waals surface area contributed by atoms with Gasteiger partial charge < -0.3 is 14.8 Å². The molecule has 0 spiro atoms. The van der Waals surface area contributed by atoms with Crippen LogP contribution in [0.25, 0.3) is 0 Å². The van der Waals surface area contributed by atoms with Crippen molar-refractivity contribution in [3.63, 3.8) is 0 Å². The summed E-state index contributed by atoms with van der Waals surface area (Å²) in [7, 11) is 1.37. The minimum Gasteiger partial charge on any atom is -0.483 e. The van der Waals surface area contributed by atoms with Crippen LogP contribution in [0.4, 0.5) is 5.00 Å². The molecule has 39 heavy (non-hydrogen) atoms. The van der Waals surface area contributed by atoms with E-state index in [-0.39, 0.29) is 17.8 Å². The van der Waals surface area contributed by atoms with E-state index in [0.29, 0.717) is 39.9 Å². The standard InChI is InChI=1S/C29H36N4O4S2/c1-7-14-33-26(19(5)37-21-11-9-20(10-12-21)17(2)3)31-32-29(33)38-16-24(34)30-27-25(28(35)36-6)22-13-8-18(4)15-23(22)39-27/h7,9-12,17-19H,1,8,13-16H2,2-6H3,(H,30,34). The highest BCUT2D eigenvalue weighted by Crippen LogP contribution is 2.40. The van der Waals surface area contributed by atoms with E-state index in [9.17, 15) is 9.59 Å². The van der Waals surface area contributed by atoms with Crippen molar-refractivity contribution >= 4 is 40.0 Å². The highest BCUT2D eigenvalue weighted by molar-refractivity contribution is 7.99. The summed E-state index contributed by atoms with van der Waals surface area (Å²) < 4.78 is 13.1. The Kier molecular flexibility index (Phi) is 9.50. The Morgan fingerprint density at radius 1 is 1.26 bits per heavy atom. The van der Waals surface area contributed by atoms with Gasteiger partial charge in [0.05, 0.1) is 18.4 Å². The van der Waals surface area contributed by atoms with Crippen molar-refractivity contribution in [3.05, 3.63) is 64.3 Å². The van der Waals surface area contributed by atoms with Crippen LogP contribution in [0.5, 0.6) is 5.75 Å². The fourth-order valence-electron chi connectivity index (χ4n) is 4.65. The third-order valence-electron chi connectivity index (χ3n) is 6.77. The molecule has 3 aromatic rings. The summed E-state index contributed by atoms with van der Waals surface area (Å²) in [6, 6.07) is 8.06. The summed E-state index contributed by atoms with van der Waals surface area (Å²) in [6.07, 6.45) is 4.15. The number of thioether (sulfide) groups is 1. The van der Waals surface area contributed by atoms with E-state index in [1.807, 2.05) is 23.6 Å². The van der Waals surface area contributed by atoms with Gasteiger partial charge in [0.2, 0.25) is 5.91 Å². The van der Waals surface area contributed by atoms with Crippen LogP contribution in [0, 0.1) is 5.92 Å². The van der Waals surface area contributed by atoms with Crippen molar-refractivity contribution in [2.24, 2.45) is 5.92 Å². The molecule has 1 aliphatic rings. The van der Waals surface area contributed by atoms with Crippen molar-refractivity contribution in [3.8, 4) is 5.75 Å². The predicted molar refractivity (Wildman–Crippen MR) is 156 cm³/mol. The average molecular weight is 569 g/mol. The zero-order valence-electron chi connectivity index (χ0n) is 23.2. The SMILES string of the molecule is C=CCn1c(SCC(=O)Nc2sc3c(c2C(=O)OC)CCC(C)C3)nnc1C(C)Oc1ccc(C(C)C)cc1. The van der Waals surface area contributed by atoms with Gasteiger partial charge in [-0.25, -0.2) is 4.79 Å². The quantitative estimate of drug-likeness (QED) is 0.162. The number of anilines is 1. The first kappa shape index (κ1) is 28.9. The van der Waals surface area contributed by atoms with Gasteiger partial charge in [-0.15, -0.1) is 28.1 Å². The molecule has 0 radical (unpaired) electrons. The van der Waals surface area contributed by atoms with E-state index < -0.39 is 5.97 Å². The van der Waals surface area contributed by atoms with Gasteiger partial charge in [-0.3, -0.25) is 9.36 Å². The minimum atomic E-state index is -0.409. The van der Waals surface area contributed by atoms with Gasteiger partial charge in [0.1, 0.15) is 10.8 Å². The van der Waals surface area contributed by atoms with Crippen LogP contribution in [0.1, 0.15) is 78.3 Å². The molecule has 1 amide bonds. The van der Waals surface area contributed by atoms with Crippen LogP contribution < -0.4 is 10.1 Å². The van der Waals surface area contributed by atoms with Crippen LogP contribution in [0.3, 0.4) is 0 Å². The summed E-state index contributed by atoms with van der Waals surface area (Å²) in [5.41, 5.74) is 2.75. The lowest BCUT2D eigenvalue weighted by molar-refractivity contribution is -0.113. The number of fused-ring (bicyclic) bond motifs is 1. The van der Waals surface area contributed by atoms with Crippen LogP contribution in [-0.2, 0) is 28.9 Å². The molecule has 2 unspecified atom stereocenters. The van der Waals surface area contributed by atoms with Crippen molar-refractivity contribution in [2.45, 2.75) is 70.7 Å². The number of ether oxygens (including phenoxy) is 2. The molecular weight excluding hydrogens is 532 g/mol. The van der Waals surface area contributed by atoms with E-state index in [1.165, 1.54) is 35.8 Å². The minimum absolute atomic E-state index is 0.112. The van der Waals surface area contributed by atoms with Gasteiger partial charge in [-0.05, 0) is 61.3 Å². The molecule has 1 N–H and O–H groups in total. The largest absolute Gasteiger partial charge is 0.483 e. The van der Waals surface area contributed by atoms with Gasteiger partial charge in [0, 0.05) is 11.4 Å². The van der Waals surface area contributed by atoms with E-state index in [4.69, 9.17) is 9.47 Å². The number of carbonyl (C=O) groups is 2. The van der Waals surface area contributed by atoms with E-state index in [2.05, 4.69) is 55.0 Å². The molecule has 0 saturated heterocycles. The number of hydrogen-bond donors (Lipinski definition) is 1. The molecule has 2 atom stereocenters. The van der Waals surface area contributed by atoms with Crippen LogP contribution >= 0.6 is 23.1 Å². The topological polar surface area (TPSA) is 95.3 Å². The molecule has 2 aromatic heterocycles. The van der Waals surface area contributed by atoms with Gasteiger partial charge in [0.25, 0.3) is 0 Å². The van der Waals surface area contributed by atoms with Crippen LogP contribution in [0.15, 0.2) is 42.1 Å². The highest BCUT2D eigenvalue weighted by Gasteiger charge is 2.29. The van der Waals surface area contributed by atoms with Crippen molar-refractivity contribution in [2.75, 3.05) is 18.2 Å². The van der Waals surface area contributed by atoms with Crippen LogP contribution in [-0.4, -0.2) is 39.5 Å². The molecule has 4 rings (SSSR count). The number of nitrogens with one attached hydrogen (secondary N) is 1. The second-order valence-electron chi connectivity index (χ2n) is 10.1. The Hall–Kier alpha value is -3.11. The molecule has 10 heteroatoms. The first-order chi connectivity index (χ1) is 18.7. The van der Waals surface area contributed by atoms with Gasteiger partial charge >= 0.3 is 5.97 Å². The number of carbonyl (C=O) groups excluding carboxylic acids is 2. The zero-order chi connectivity index (χ0) is 28.1. The lowest BCUT2D eigenvalue weighted by atomic mass is 9.88. The number of thiophene rings is 1. The molecule has 8 nitrogen and oxygen atoms in total. The monoisotopic (exact) mass is 568 g/mol. The molecule has 1 aromatic carbocycles. The first-order valence-electron chi connectivity index (χ1n) is 13.2. The van der Waals surface area contributed by atoms with Crippen molar-refractivity contribution in [1.82, 2.24) is 14.8 Å². The summed E-state index contributed by atoms with van der Waals surface area (Å²) in [5.74, 6) is 1.89. The number of benzene rings is 1. The highest BCUT2D eigenvalue weighted by atomic mass is 32.2. The third kappa shape index (κ3) is 6.73. The van der Waals surface area contributed by atoms with Crippen molar-refractivity contribution in [1.29, 1.82) is 0 Å². The Bertz CT molecular complexity index is 1330. The summed E-state index contributed by atoms with van der Waals surface area (Å²) in [5, 5.41) is 12.8. The number of nitrogens with zero attached hydrogens (tertiary/aromatic N) is 3. The third-order valence-corrected chi connectivity index (χ3v) is 8.90. The number of rotatable bonds is 11. The molecule has 0 bridgehead atoms. The maximum Gasteiger partial charge on any atom is 0.341 e. The molecule has 1 aliphatic carbocycles. The number of methoxy groups -OCH3 is 1. The number of esters is 1. The molecule has 0 saturated carbocycles. The maximum absolute atomic E-state index is 13.0. The Labute approximate surface area is 238 Å². The normalized spacial score (nSPS) is 15.5. The molecule has 208 valence electrons. The Balaban J connectivity index is 1.44. The maximum atomic E-state index is 13.0. The van der Waals surface area contributed by atoms with E-state index in [0.717, 1.165) is 35.5 Å². The van der Waals surface area contributed by atoms with Gasteiger partial charge in [-0.2, -0.15) is 0 Å². The number of hydrogen-bond acceptors (Lipinski definition) is 8. The lowest BCUT2D eigenvalue weighted by Crippen LogP contribution is -2.17. The van der Waals surface area contributed by atoms with E-state index in [1.54, 1.807) is 6.08 Å². The molecule has 2 heterocycles. The summed E-state index contributed by atoms with van der Waals surface area (Å²) in [4.78, 5) is 26.7. The molecule has 0 aliphatic heterocycles. The second kappa shape index (κ2) is 12.8. The summed E-state index contributed by atoms with van der Waals surface area (Å²) >= 11 is 2.76. The van der Waals surface area contributed by atoms with Crippen LogP contribution in [0.2, 0.25) is 0 Å². The number of aromatic nitrogens is 3. The molecular formula is C29H36N4O4S2. The number of allylic oxidation sites excluding steroid dienone is 1. The van der Waals surface area contributed by atoms with Gasteiger partial charge in [-0.1, -0.05) is 50.7 Å². The molecule has 0 fully saturated rings. The number of amides is 1.